The van der Waals surface area contributed by atoms with Crippen LogP contribution in [-0.4, -0.2) is 73.8 Å². The van der Waals surface area contributed by atoms with Crippen LogP contribution in [0.1, 0.15) is 19.3 Å². The Labute approximate surface area is 171 Å². The second-order valence-corrected chi connectivity index (χ2v) is 7.11. The first-order valence-corrected chi connectivity index (χ1v) is 10.6. The van der Waals surface area contributed by atoms with Crippen LogP contribution in [0, 0.1) is 0 Å². The summed E-state index contributed by atoms with van der Waals surface area (Å²) in [5, 5.41) is 29.7. The van der Waals surface area contributed by atoms with Gasteiger partial charge in [-0.2, -0.15) is 0 Å². The average Bonchev–Trinajstić information content (AvgIpc) is 2.65. The Bertz CT molecular complexity index is 421. The van der Waals surface area contributed by atoms with Crippen LogP contribution in [0.25, 0.3) is 0 Å². The molecule has 0 bridgehead atoms. The van der Waals surface area contributed by atoms with E-state index >= 15 is 0 Å². The van der Waals surface area contributed by atoms with Crippen molar-refractivity contribution >= 4 is 7.82 Å². The Kier molecular flexibility index (Phi) is 17.3. The van der Waals surface area contributed by atoms with Crippen LogP contribution in [0.4, 0.5) is 0 Å². The van der Waals surface area contributed by atoms with Crippen LogP contribution in [0.3, 0.4) is 0 Å². The molecule has 0 saturated heterocycles. The van der Waals surface area contributed by atoms with Gasteiger partial charge in [0, 0.05) is 19.3 Å². The van der Waals surface area contributed by atoms with Crippen molar-refractivity contribution in [3.63, 3.8) is 0 Å². The van der Waals surface area contributed by atoms with Gasteiger partial charge in [-0.25, -0.2) is 4.57 Å². The number of hydrogen-bond donors (Lipinski definition) is 3. The molecule has 170 valence electrons. The first-order valence-electron chi connectivity index (χ1n) is 9.12. The van der Waals surface area contributed by atoms with Crippen molar-refractivity contribution in [3.05, 3.63) is 38.0 Å². The maximum absolute atomic E-state index is 12.8. The van der Waals surface area contributed by atoms with Crippen molar-refractivity contribution < 1.29 is 47.7 Å². The quantitative estimate of drug-likeness (QED) is 0.105. The minimum absolute atomic E-state index is 0.0539. The van der Waals surface area contributed by atoms with E-state index in [1.165, 1.54) is 18.2 Å². The SMILES string of the molecule is C=CCOCCC(O)OP(=O)(OC(O)CCOCC=C)OC(O)CCOCC=C. The number of ether oxygens (including phenoxy) is 3. The van der Waals surface area contributed by atoms with Crippen molar-refractivity contribution in [1.29, 1.82) is 0 Å². The van der Waals surface area contributed by atoms with Crippen LogP contribution < -0.4 is 0 Å². The van der Waals surface area contributed by atoms with Gasteiger partial charge in [0.15, 0.2) is 18.9 Å². The van der Waals surface area contributed by atoms with Gasteiger partial charge in [-0.15, -0.1) is 19.7 Å². The fraction of sp³-hybridized carbons (Fsp3) is 0.667. The zero-order chi connectivity index (χ0) is 22.0. The molecule has 3 N–H and O–H groups in total. The Morgan fingerprint density at radius 3 is 1.17 bits per heavy atom. The normalized spacial score (nSPS) is 16.5. The summed E-state index contributed by atoms with van der Waals surface area (Å²) in [5.41, 5.74) is 0. The highest BCUT2D eigenvalue weighted by Crippen LogP contribution is 2.52. The smallest absolute Gasteiger partial charge is 0.377 e. The van der Waals surface area contributed by atoms with E-state index in [1.807, 2.05) is 0 Å². The molecule has 29 heavy (non-hydrogen) atoms. The third-order valence-corrected chi connectivity index (χ3v) is 4.49. The van der Waals surface area contributed by atoms with E-state index in [0.29, 0.717) is 0 Å². The summed E-state index contributed by atoms with van der Waals surface area (Å²) in [6.07, 6.45) is -0.331. The number of phosphoric ester groups is 1. The number of aliphatic hydroxyl groups is 3. The highest BCUT2D eigenvalue weighted by Gasteiger charge is 2.35. The van der Waals surface area contributed by atoms with Gasteiger partial charge in [0.1, 0.15) is 0 Å². The van der Waals surface area contributed by atoms with E-state index < -0.39 is 26.7 Å². The topological polar surface area (TPSA) is 133 Å². The Balaban J connectivity index is 4.72. The molecule has 3 unspecified atom stereocenters. The molecule has 0 saturated carbocycles. The molecule has 0 aromatic carbocycles. The predicted molar refractivity (Wildman–Crippen MR) is 106 cm³/mol. The third kappa shape index (κ3) is 16.6. The maximum atomic E-state index is 12.8. The minimum atomic E-state index is -4.53. The summed E-state index contributed by atoms with van der Waals surface area (Å²) in [5.74, 6) is 0. The van der Waals surface area contributed by atoms with E-state index in [0.717, 1.165) is 0 Å². The molecule has 10 nitrogen and oxygen atoms in total. The molecule has 0 radical (unpaired) electrons. The monoisotopic (exact) mass is 440 g/mol. The lowest BCUT2D eigenvalue weighted by molar-refractivity contribution is -0.130. The van der Waals surface area contributed by atoms with Gasteiger partial charge in [0.05, 0.1) is 39.6 Å². The van der Waals surface area contributed by atoms with Gasteiger partial charge in [0.25, 0.3) is 0 Å². The second-order valence-electron chi connectivity index (χ2n) is 5.58. The maximum Gasteiger partial charge on any atom is 0.481 e. The Hall–Kier alpha value is -0.910. The van der Waals surface area contributed by atoms with Gasteiger partial charge < -0.3 is 29.5 Å². The number of aliphatic hydroxyl groups excluding tert-OH is 3. The lowest BCUT2D eigenvalue weighted by atomic mass is 10.4. The number of rotatable bonds is 21. The lowest BCUT2D eigenvalue weighted by Crippen LogP contribution is -2.23. The fourth-order valence-corrected chi connectivity index (χ4v) is 3.09. The molecule has 0 rings (SSSR count). The molecule has 0 amide bonds. The van der Waals surface area contributed by atoms with E-state index in [9.17, 15) is 19.9 Å². The van der Waals surface area contributed by atoms with Crippen LogP contribution in [0.5, 0.6) is 0 Å². The minimum Gasteiger partial charge on any atom is -0.377 e. The van der Waals surface area contributed by atoms with Crippen LogP contribution >= 0.6 is 7.82 Å². The highest BCUT2D eigenvalue weighted by molar-refractivity contribution is 7.48. The lowest BCUT2D eigenvalue weighted by Gasteiger charge is -2.25. The summed E-state index contributed by atoms with van der Waals surface area (Å²) in [6.45, 7) is 11.5. The summed E-state index contributed by atoms with van der Waals surface area (Å²) < 4.78 is 42.9. The van der Waals surface area contributed by atoms with Crippen LogP contribution in [0.2, 0.25) is 0 Å². The predicted octanol–water partition coefficient (Wildman–Crippen LogP) is 1.88. The molecule has 0 aromatic rings. The molecule has 0 fully saturated rings. The van der Waals surface area contributed by atoms with Crippen molar-refractivity contribution in [2.24, 2.45) is 0 Å². The van der Waals surface area contributed by atoms with Crippen molar-refractivity contribution in [3.8, 4) is 0 Å². The zero-order valence-electron chi connectivity index (χ0n) is 16.6. The average molecular weight is 440 g/mol. The standard InChI is InChI=1S/C18H33O10P/c1-4-10-23-13-7-16(19)26-29(22,27-17(20)8-14-24-11-5-2)28-18(21)9-15-25-12-6-3/h4-6,16-21H,1-3,7-15H2. The molecule has 0 aliphatic rings. The van der Waals surface area contributed by atoms with Crippen molar-refractivity contribution in [1.82, 2.24) is 0 Å². The molecule has 0 aromatic heterocycles. The van der Waals surface area contributed by atoms with Crippen LogP contribution in [-0.2, 0) is 32.3 Å². The summed E-state index contributed by atoms with van der Waals surface area (Å²) in [6, 6.07) is 0. The molecular weight excluding hydrogens is 407 g/mol. The first-order chi connectivity index (χ1) is 13.9. The fourth-order valence-electron chi connectivity index (χ4n) is 1.73. The van der Waals surface area contributed by atoms with E-state index in [4.69, 9.17) is 27.8 Å². The van der Waals surface area contributed by atoms with Crippen LogP contribution in [0.15, 0.2) is 38.0 Å². The molecule has 0 aliphatic heterocycles. The molecule has 3 atom stereocenters. The zero-order valence-corrected chi connectivity index (χ0v) is 17.5. The van der Waals surface area contributed by atoms with Gasteiger partial charge in [0.2, 0.25) is 0 Å². The van der Waals surface area contributed by atoms with Gasteiger partial charge in [-0.3, -0.25) is 13.6 Å². The summed E-state index contributed by atoms with van der Waals surface area (Å²) in [7, 11) is -4.53. The van der Waals surface area contributed by atoms with E-state index in [2.05, 4.69) is 19.7 Å². The summed E-state index contributed by atoms with van der Waals surface area (Å²) in [4.78, 5) is 0. The first kappa shape index (κ1) is 28.1. The molecular formula is C18H33O10P. The molecule has 0 spiro atoms. The summed E-state index contributed by atoms with van der Waals surface area (Å²) >= 11 is 0. The Morgan fingerprint density at radius 1 is 0.655 bits per heavy atom. The second kappa shape index (κ2) is 17.9. The van der Waals surface area contributed by atoms with Gasteiger partial charge in [-0.1, -0.05) is 18.2 Å². The number of phosphoric acid groups is 1. The van der Waals surface area contributed by atoms with Gasteiger partial charge >= 0.3 is 7.82 Å². The third-order valence-electron chi connectivity index (χ3n) is 2.99. The van der Waals surface area contributed by atoms with Crippen molar-refractivity contribution in [2.75, 3.05) is 39.6 Å². The molecule has 11 heteroatoms. The van der Waals surface area contributed by atoms with E-state index in [1.54, 1.807) is 0 Å². The largest absolute Gasteiger partial charge is 0.481 e. The van der Waals surface area contributed by atoms with Crippen molar-refractivity contribution in [2.45, 2.75) is 38.1 Å². The number of hydrogen-bond acceptors (Lipinski definition) is 10. The van der Waals surface area contributed by atoms with Gasteiger partial charge in [-0.05, 0) is 0 Å². The Morgan fingerprint density at radius 2 is 0.931 bits per heavy atom. The molecule has 0 heterocycles. The molecule has 0 aliphatic carbocycles. The highest BCUT2D eigenvalue weighted by atomic mass is 31.2. The van der Waals surface area contributed by atoms with E-state index in [-0.39, 0.29) is 58.9 Å².